The number of aromatic nitrogens is 2. The minimum Gasteiger partial charge on any atom is -0.455 e. The van der Waals surface area contributed by atoms with E-state index in [0.29, 0.717) is 5.82 Å². The van der Waals surface area contributed by atoms with Crippen molar-refractivity contribution in [2.24, 2.45) is 0 Å². The smallest absolute Gasteiger partial charge is 0.316 e. The third-order valence-electron chi connectivity index (χ3n) is 3.85. The van der Waals surface area contributed by atoms with Gasteiger partial charge in [0.25, 0.3) is 11.6 Å². The summed E-state index contributed by atoms with van der Waals surface area (Å²) < 4.78 is 10.2. The average Bonchev–Trinajstić information content (AvgIpc) is 3.20. The highest BCUT2D eigenvalue weighted by molar-refractivity contribution is 8.00. The summed E-state index contributed by atoms with van der Waals surface area (Å²) in [7, 11) is 0. The lowest BCUT2D eigenvalue weighted by atomic mass is 10.1. The van der Waals surface area contributed by atoms with Crippen LogP contribution in [-0.4, -0.2) is 26.8 Å². The van der Waals surface area contributed by atoms with Crippen LogP contribution < -0.4 is 0 Å². The second kappa shape index (κ2) is 9.14. The van der Waals surface area contributed by atoms with E-state index in [9.17, 15) is 14.9 Å². The molecule has 1 heterocycles. The number of non-ortho nitro benzene ring substituents is 1. The monoisotopic (exact) mass is 399 g/mol. The molecule has 0 aliphatic rings. The molecule has 1 aromatic heterocycles. The van der Waals surface area contributed by atoms with Crippen molar-refractivity contribution in [2.75, 3.05) is 5.75 Å². The van der Waals surface area contributed by atoms with Gasteiger partial charge in [0, 0.05) is 22.6 Å². The number of carbonyl (C=O) groups is 1. The van der Waals surface area contributed by atoms with E-state index < -0.39 is 10.9 Å². The number of rotatable bonds is 8. The second-order valence-electron chi connectivity index (χ2n) is 5.76. The standard InChI is InChI=1S/C19H17N3O5S/c1-2-13-3-5-14(6-4-13)19-20-17(27-21-19)11-26-18(23)12-28-16-9-7-15(8-10-16)22(24)25/h3-10H,2,11-12H2,1H3. The zero-order chi connectivity index (χ0) is 19.9. The molecule has 2 aromatic carbocycles. The number of thioether (sulfide) groups is 1. The summed E-state index contributed by atoms with van der Waals surface area (Å²) in [5, 5.41) is 14.5. The van der Waals surface area contributed by atoms with E-state index in [1.54, 1.807) is 12.1 Å². The Hall–Kier alpha value is -3.20. The maximum Gasteiger partial charge on any atom is 0.316 e. The van der Waals surface area contributed by atoms with Crippen LogP contribution in [0.5, 0.6) is 0 Å². The summed E-state index contributed by atoms with van der Waals surface area (Å²) in [6, 6.07) is 13.8. The summed E-state index contributed by atoms with van der Waals surface area (Å²) in [6.45, 7) is 1.97. The molecule has 0 saturated heterocycles. The molecule has 0 saturated carbocycles. The second-order valence-corrected chi connectivity index (χ2v) is 6.81. The van der Waals surface area contributed by atoms with Crippen LogP contribution in [0.25, 0.3) is 11.4 Å². The molecule has 0 bridgehead atoms. The normalized spacial score (nSPS) is 10.6. The number of aryl methyl sites for hydroxylation is 1. The molecular weight excluding hydrogens is 382 g/mol. The van der Waals surface area contributed by atoms with E-state index in [4.69, 9.17) is 9.26 Å². The summed E-state index contributed by atoms with van der Waals surface area (Å²) >= 11 is 1.23. The van der Waals surface area contributed by atoms with Gasteiger partial charge in [-0.15, -0.1) is 11.8 Å². The van der Waals surface area contributed by atoms with E-state index in [2.05, 4.69) is 17.1 Å². The van der Waals surface area contributed by atoms with Gasteiger partial charge in [0.15, 0.2) is 6.61 Å². The van der Waals surface area contributed by atoms with E-state index >= 15 is 0 Å². The number of nitrogens with zero attached hydrogens (tertiary/aromatic N) is 3. The molecule has 0 amide bonds. The summed E-state index contributed by atoms with van der Waals surface area (Å²) in [5.41, 5.74) is 2.04. The van der Waals surface area contributed by atoms with Crippen molar-refractivity contribution in [1.82, 2.24) is 10.1 Å². The van der Waals surface area contributed by atoms with Crippen LogP contribution in [0.15, 0.2) is 57.9 Å². The van der Waals surface area contributed by atoms with Crippen molar-refractivity contribution in [3.8, 4) is 11.4 Å². The molecule has 9 heteroatoms. The number of hydrogen-bond donors (Lipinski definition) is 0. The van der Waals surface area contributed by atoms with Crippen LogP contribution in [0.4, 0.5) is 5.69 Å². The van der Waals surface area contributed by atoms with Crippen LogP contribution in [0, 0.1) is 10.1 Å². The highest BCUT2D eigenvalue weighted by atomic mass is 32.2. The Morgan fingerprint density at radius 2 is 1.89 bits per heavy atom. The number of nitro benzene ring substituents is 1. The lowest BCUT2D eigenvalue weighted by Gasteiger charge is -2.02. The van der Waals surface area contributed by atoms with Gasteiger partial charge in [0.05, 0.1) is 10.7 Å². The van der Waals surface area contributed by atoms with Gasteiger partial charge in [0.2, 0.25) is 5.82 Å². The first-order valence-corrected chi connectivity index (χ1v) is 9.48. The van der Waals surface area contributed by atoms with Gasteiger partial charge < -0.3 is 9.26 Å². The Morgan fingerprint density at radius 3 is 2.54 bits per heavy atom. The Bertz CT molecular complexity index is 954. The first kappa shape index (κ1) is 19.6. The number of carbonyl (C=O) groups excluding carboxylic acids is 1. The van der Waals surface area contributed by atoms with Crippen molar-refractivity contribution in [3.63, 3.8) is 0 Å². The SMILES string of the molecule is CCc1ccc(-c2noc(COC(=O)CSc3ccc([N+](=O)[O-])cc3)n2)cc1. The Labute approximate surface area is 165 Å². The Kier molecular flexibility index (Phi) is 6.38. The predicted molar refractivity (Wildman–Crippen MR) is 103 cm³/mol. The molecular formula is C19H17N3O5S. The number of benzene rings is 2. The van der Waals surface area contributed by atoms with Crippen LogP contribution in [0.3, 0.4) is 0 Å². The zero-order valence-electron chi connectivity index (χ0n) is 15.0. The van der Waals surface area contributed by atoms with Gasteiger partial charge in [-0.2, -0.15) is 4.98 Å². The van der Waals surface area contributed by atoms with Crippen LogP contribution in [-0.2, 0) is 22.6 Å². The molecule has 3 aromatic rings. The topological polar surface area (TPSA) is 108 Å². The number of esters is 1. The quantitative estimate of drug-likeness (QED) is 0.242. The number of ether oxygens (including phenoxy) is 1. The van der Waals surface area contributed by atoms with Gasteiger partial charge in [-0.25, -0.2) is 0 Å². The molecule has 144 valence electrons. The minimum absolute atomic E-state index is 0.00320. The Morgan fingerprint density at radius 1 is 1.18 bits per heavy atom. The van der Waals surface area contributed by atoms with Crippen LogP contribution in [0.1, 0.15) is 18.4 Å². The van der Waals surface area contributed by atoms with Crippen LogP contribution in [0.2, 0.25) is 0 Å². The predicted octanol–water partition coefficient (Wildman–Crippen LogP) is 4.04. The fourth-order valence-corrected chi connectivity index (χ4v) is 3.01. The summed E-state index contributed by atoms with van der Waals surface area (Å²) in [6.07, 6.45) is 0.950. The fourth-order valence-electron chi connectivity index (χ4n) is 2.31. The largest absolute Gasteiger partial charge is 0.455 e. The number of nitro groups is 1. The highest BCUT2D eigenvalue weighted by Crippen LogP contribution is 2.22. The molecule has 0 spiro atoms. The van der Waals surface area contributed by atoms with Crippen molar-refractivity contribution in [2.45, 2.75) is 24.8 Å². The maximum atomic E-state index is 11.9. The molecule has 0 aliphatic carbocycles. The third kappa shape index (κ3) is 5.17. The molecule has 0 aliphatic heterocycles. The zero-order valence-corrected chi connectivity index (χ0v) is 15.8. The van der Waals surface area contributed by atoms with E-state index in [1.165, 1.54) is 29.5 Å². The molecule has 28 heavy (non-hydrogen) atoms. The van der Waals surface area contributed by atoms with E-state index in [0.717, 1.165) is 16.9 Å². The van der Waals surface area contributed by atoms with Crippen molar-refractivity contribution < 1.29 is 19.0 Å². The van der Waals surface area contributed by atoms with Crippen molar-refractivity contribution in [1.29, 1.82) is 0 Å². The third-order valence-corrected chi connectivity index (χ3v) is 4.83. The average molecular weight is 399 g/mol. The molecule has 3 rings (SSSR count). The van der Waals surface area contributed by atoms with Crippen LogP contribution >= 0.6 is 11.8 Å². The lowest BCUT2D eigenvalue weighted by molar-refractivity contribution is -0.384. The van der Waals surface area contributed by atoms with E-state index in [-0.39, 0.29) is 23.9 Å². The molecule has 0 fully saturated rings. The summed E-state index contributed by atoms with van der Waals surface area (Å²) in [5.74, 6) is 0.268. The fraction of sp³-hybridized carbons (Fsp3) is 0.211. The molecule has 8 nitrogen and oxygen atoms in total. The van der Waals surface area contributed by atoms with Gasteiger partial charge >= 0.3 is 5.97 Å². The van der Waals surface area contributed by atoms with Gasteiger partial charge in [-0.05, 0) is 24.1 Å². The maximum absolute atomic E-state index is 11.9. The molecule has 0 radical (unpaired) electrons. The van der Waals surface area contributed by atoms with Gasteiger partial charge in [0.1, 0.15) is 0 Å². The minimum atomic E-state index is -0.473. The van der Waals surface area contributed by atoms with Crippen molar-refractivity contribution >= 4 is 23.4 Å². The lowest BCUT2D eigenvalue weighted by Crippen LogP contribution is -2.07. The van der Waals surface area contributed by atoms with Crippen molar-refractivity contribution in [3.05, 3.63) is 70.1 Å². The first-order valence-electron chi connectivity index (χ1n) is 8.50. The first-order chi connectivity index (χ1) is 13.5. The Balaban J connectivity index is 1.48. The number of hydrogen-bond acceptors (Lipinski definition) is 8. The van der Waals surface area contributed by atoms with E-state index in [1.807, 2.05) is 24.3 Å². The molecule has 0 atom stereocenters. The molecule has 0 unspecified atom stereocenters. The summed E-state index contributed by atoms with van der Waals surface area (Å²) in [4.78, 5) is 27.0. The molecule has 0 N–H and O–H groups in total. The van der Waals surface area contributed by atoms with Gasteiger partial charge in [-0.1, -0.05) is 36.3 Å². The highest BCUT2D eigenvalue weighted by Gasteiger charge is 2.12. The van der Waals surface area contributed by atoms with Gasteiger partial charge in [-0.3, -0.25) is 14.9 Å².